The number of hydrazine groups is 1. The minimum absolute atomic E-state index is 0.444. The van der Waals surface area contributed by atoms with E-state index < -0.39 is 21.7 Å². The van der Waals surface area contributed by atoms with Crippen LogP contribution < -0.4 is 11.3 Å². The molecule has 1 aliphatic carbocycles. The highest BCUT2D eigenvalue weighted by Gasteiger charge is 2.44. The number of hydrogen-bond acceptors (Lipinski definition) is 3. The predicted octanol–water partition coefficient (Wildman–Crippen LogP) is -0.0991. The zero-order chi connectivity index (χ0) is 9.90. The molecule has 76 valence electrons. The van der Waals surface area contributed by atoms with Crippen LogP contribution >= 0.6 is 0 Å². The second-order valence-corrected chi connectivity index (χ2v) is 4.56. The van der Waals surface area contributed by atoms with Crippen LogP contribution in [0.2, 0.25) is 0 Å². The summed E-state index contributed by atoms with van der Waals surface area (Å²) in [5.41, 5.74) is 1.96. The van der Waals surface area contributed by atoms with Crippen molar-refractivity contribution < 1.29 is 13.6 Å². The number of amides is 1. The molecule has 4 N–H and O–H groups in total. The summed E-state index contributed by atoms with van der Waals surface area (Å²) in [7, 11) is 0. The summed E-state index contributed by atoms with van der Waals surface area (Å²) in [6, 6.07) is 0. The largest absolute Gasteiger partial charge is 0.305 e. The Bertz CT molecular complexity index is 226. The van der Waals surface area contributed by atoms with Crippen LogP contribution in [0.5, 0.6) is 0 Å². The number of rotatable bonds is 2. The minimum Gasteiger partial charge on any atom is -0.305 e. The molecule has 0 aromatic heterocycles. The summed E-state index contributed by atoms with van der Waals surface area (Å²) < 4.78 is 19.0. The van der Waals surface area contributed by atoms with Gasteiger partial charge < -0.3 is 4.55 Å². The van der Waals surface area contributed by atoms with E-state index in [0.717, 1.165) is 19.3 Å². The number of hydrogen-bond donors (Lipinski definition) is 3. The van der Waals surface area contributed by atoms with Gasteiger partial charge in [0.25, 0.3) is 5.91 Å². The van der Waals surface area contributed by atoms with Gasteiger partial charge in [-0.1, -0.05) is 19.3 Å². The first-order valence-corrected chi connectivity index (χ1v) is 5.36. The summed E-state index contributed by atoms with van der Waals surface area (Å²) >= 11 is -2.13. The fraction of sp³-hybridized carbons (Fsp3) is 0.857. The Kier molecular flexibility index (Phi) is 3.40. The molecule has 0 saturated heterocycles. The first kappa shape index (κ1) is 10.6. The second kappa shape index (κ2) is 4.17. The van der Waals surface area contributed by atoms with Crippen LogP contribution in [0.25, 0.3) is 0 Å². The van der Waals surface area contributed by atoms with E-state index in [9.17, 15) is 9.00 Å². The standard InChI is InChI=1S/C7H14N2O3S/c8-9-6(10)7(13(11)12)4-2-1-3-5-7/h1-5,8H2,(H,9,10)(H,11,12). The molecule has 0 bridgehead atoms. The summed E-state index contributed by atoms with van der Waals surface area (Å²) in [4.78, 5) is 11.3. The molecular formula is C7H14N2O3S. The number of nitrogens with two attached hydrogens (primary N) is 1. The highest BCUT2D eigenvalue weighted by molar-refractivity contribution is 7.81. The van der Waals surface area contributed by atoms with Gasteiger partial charge in [-0.2, -0.15) is 0 Å². The van der Waals surface area contributed by atoms with Crippen LogP contribution in [-0.4, -0.2) is 19.4 Å². The van der Waals surface area contributed by atoms with Crippen molar-refractivity contribution in [2.24, 2.45) is 5.84 Å². The van der Waals surface area contributed by atoms with Crippen molar-refractivity contribution in [3.05, 3.63) is 0 Å². The Balaban J connectivity index is 2.85. The lowest BCUT2D eigenvalue weighted by molar-refractivity contribution is -0.124. The van der Waals surface area contributed by atoms with Crippen LogP contribution in [0.1, 0.15) is 32.1 Å². The Morgan fingerprint density at radius 3 is 2.31 bits per heavy atom. The molecule has 0 aromatic carbocycles. The van der Waals surface area contributed by atoms with Crippen LogP contribution in [-0.2, 0) is 15.9 Å². The van der Waals surface area contributed by atoms with Crippen molar-refractivity contribution >= 4 is 17.0 Å². The van der Waals surface area contributed by atoms with Crippen LogP contribution in [0.4, 0.5) is 0 Å². The fourth-order valence-corrected chi connectivity index (χ4v) is 2.59. The maximum atomic E-state index is 11.3. The van der Waals surface area contributed by atoms with E-state index in [2.05, 4.69) is 0 Å². The Morgan fingerprint density at radius 2 is 1.92 bits per heavy atom. The lowest BCUT2D eigenvalue weighted by atomic mass is 9.88. The van der Waals surface area contributed by atoms with Gasteiger partial charge >= 0.3 is 0 Å². The van der Waals surface area contributed by atoms with Gasteiger partial charge in [0.15, 0.2) is 15.8 Å². The zero-order valence-electron chi connectivity index (χ0n) is 7.28. The van der Waals surface area contributed by atoms with E-state index in [-0.39, 0.29) is 0 Å². The van der Waals surface area contributed by atoms with Gasteiger partial charge in [0, 0.05) is 0 Å². The maximum absolute atomic E-state index is 11.3. The first-order chi connectivity index (χ1) is 6.13. The van der Waals surface area contributed by atoms with Gasteiger partial charge in [0.1, 0.15) is 0 Å². The van der Waals surface area contributed by atoms with Crippen molar-refractivity contribution in [2.75, 3.05) is 0 Å². The van der Waals surface area contributed by atoms with Crippen molar-refractivity contribution in [3.63, 3.8) is 0 Å². The molecule has 1 amide bonds. The molecule has 1 saturated carbocycles. The third kappa shape index (κ3) is 1.90. The molecule has 1 unspecified atom stereocenters. The quantitative estimate of drug-likeness (QED) is 0.254. The smallest absolute Gasteiger partial charge is 0.255 e. The first-order valence-electron chi connectivity index (χ1n) is 4.25. The molecule has 13 heavy (non-hydrogen) atoms. The molecule has 5 nitrogen and oxygen atoms in total. The van der Waals surface area contributed by atoms with Gasteiger partial charge in [-0.15, -0.1) is 0 Å². The SMILES string of the molecule is NNC(=O)C1(S(=O)O)CCCCC1. The Labute approximate surface area is 79.3 Å². The van der Waals surface area contributed by atoms with Gasteiger partial charge in [0.2, 0.25) is 0 Å². The molecule has 1 rings (SSSR count). The highest BCUT2D eigenvalue weighted by Crippen LogP contribution is 2.32. The van der Waals surface area contributed by atoms with Crippen molar-refractivity contribution in [1.82, 2.24) is 5.43 Å². The lowest BCUT2D eigenvalue weighted by Crippen LogP contribution is -2.53. The molecular weight excluding hydrogens is 192 g/mol. The fourth-order valence-electron chi connectivity index (χ4n) is 1.74. The molecule has 0 spiro atoms. The Morgan fingerprint density at radius 1 is 1.38 bits per heavy atom. The molecule has 0 radical (unpaired) electrons. The topological polar surface area (TPSA) is 92.4 Å². The highest BCUT2D eigenvalue weighted by atomic mass is 32.2. The van der Waals surface area contributed by atoms with Crippen LogP contribution in [0.15, 0.2) is 0 Å². The van der Waals surface area contributed by atoms with Gasteiger partial charge in [-0.25, -0.2) is 10.1 Å². The average Bonchev–Trinajstić information content (AvgIpc) is 2.17. The van der Waals surface area contributed by atoms with E-state index in [1.54, 1.807) is 0 Å². The van der Waals surface area contributed by atoms with Crippen LogP contribution in [0.3, 0.4) is 0 Å². The normalized spacial score (nSPS) is 23.5. The number of nitrogens with one attached hydrogen (secondary N) is 1. The summed E-state index contributed by atoms with van der Waals surface area (Å²) in [5.74, 6) is 4.46. The molecule has 1 fully saturated rings. The number of carbonyl (C=O) groups excluding carboxylic acids is 1. The monoisotopic (exact) mass is 206 g/mol. The molecule has 1 atom stereocenters. The van der Waals surface area contributed by atoms with Gasteiger partial charge in [-0.05, 0) is 12.8 Å². The van der Waals surface area contributed by atoms with Crippen molar-refractivity contribution in [2.45, 2.75) is 36.9 Å². The van der Waals surface area contributed by atoms with E-state index in [4.69, 9.17) is 10.4 Å². The van der Waals surface area contributed by atoms with Gasteiger partial charge in [-0.3, -0.25) is 10.2 Å². The third-order valence-electron chi connectivity index (χ3n) is 2.54. The third-order valence-corrected chi connectivity index (χ3v) is 3.80. The predicted molar refractivity (Wildman–Crippen MR) is 48.9 cm³/mol. The maximum Gasteiger partial charge on any atom is 0.255 e. The van der Waals surface area contributed by atoms with Crippen molar-refractivity contribution in [3.8, 4) is 0 Å². The van der Waals surface area contributed by atoms with Gasteiger partial charge in [0.05, 0.1) is 0 Å². The minimum atomic E-state index is -2.13. The summed E-state index contributed by atoms with van der Waals surface area (Å²) in [6.45, 7) is 0. The average molecular weight is 206 g/mol. The Hall–Kier alpha value is -0.460. The summed E-state index contributed by atoms with van der Waals surface area (Å²) in [5, 5.41) is 0. The van der Waals surface area contributed by atoms with Crippen LogP contribution in [0, 0.1) is 0 Å². The van der Waals surface area contributed by atoms with E-state index in [0.29, 0.717) is 12.8 Å². The summed E-state index contributed by atoms with van der Waals surface area (Å²) in [6.07, 6.45) is 3.51. The number of carbonyl (C=O) groups is 1. The van der Waals surface area contributed by atoms with E-state index in [1.165, 1.54) is 0 Å². The van der Waals surface area contributed by atoms with E-state index in [1.807, 2.05) is 5.43 Å². The van der Waals surface area contributed by atoms with E-state index >= 15 is 0 Å². The lowest BCUT2D eigenvalue weighted by Gasteiger charge is -2.31. The molecule has 0 aliphatic heterocycles. The molecule has 6 heteroatoms. The molecule has 0 heterocycles. The molecule has 1 aliphatic rings. The zero-order valence-corrected chi connectivity index (χ0v) is 8.10. The molecule has 0 aromatic rings. The second-order valence-electron chi connectivity index (χ2n) is 3.28. The van der Waals surface area contributed by atoms with Crippen molar-refractivity contribution in [1.29, 1.82) is 0 Å².